The standard InChI is InChI=1S/C10H12N2O4S/c1-6(13)11-8-3-4-9(12(15)16)10(5-8)17-7(2)14/h3-5,7,14H,1-2H3,(H,11,13). The van der Waals surface area contributed by atoms with E-state index in [0.717, 1.165) is 11.8 Å². The largest absolute Gasteiger partial charge is 0.382 e. The first kappa shape index (κ1) is 13.5. The molecule has 6 nitrogen and oxygen atoms in total. The van der Waals surface area contributed by atoms with Gasteiger partial charge in [-0.15, -0.1) is 0 Å². The van der Waals surface area contributed by atoms with Crippen molar-refractivity contribution in [1.29, 1.82) is 0 Å². The Labute approximate surface area is 102 Å². The van der Waals surface area contributed by atoms with E-state index < -0.39 is 10.4 Å². The van der Waals surface area contributed by atoms with Crippen molar-refractivity contribution in [3.05, 3.63) is 28.3 Å². The third-order valence-electron chi connectivity index (χ3n) is 1.77. The molecule has 0 aliphatic rings. The number of benzene rings is 1. The fourth-order valence-electron chi connectivity index (χ4n) is 1.22. The molecule has 1 atom stereocenters. The van der Waals surface area contributed by atoms with Crippen molar-refractivity contribution in [2.75, 3.05) is 5.32 Å². The van der Waals surface area contributed by atoms with E-state index in [9.17, 15) is 20.0 Å². The molecule has 92 valence electrons. The maximum Gasteiger partial charge on any atom is 0.283 e. The van der Waals surface area contributed by atoms with Crippen LogP contribution >= 0.6 is 11.8 Å². The van der Waals surface area contributed by atoms with Gasteiger partial charge < -0.3 is 10.4 Å². The first-order valence-electron chi connectivity index (χ1n) is 4.81. The van der Waals surface area contributed by atoms with Gasteiger partial charge in [-0.3, -0.25) is 14.9 Å². The Morgan fingerprint density at radius 2 is 2.24 bits per heavy atom. The Hall–Kier alpha value is -1.60. The van der Waals surface area contributed by atoms with E-state index in [1.807, 2.05) is 0 Å². The predicted octanol–water partition coefficient (Wildman–Crippen LogP) is 1.98. The Kier molecular flexibility index (Phi) is 4.47. The van der Waals surface area contributed by atoms with Crippen molar-refractivity contribution in [2.45, 2.75) is 24.2 Å². The van der Waals surface area contributed by atoms with Crippen LogP contribution in [0, 0.1) is 10.1 Å². The van der Waals surface area contributed by atoms with Gasteiger partial charge in [-0.1, -0.05) is 11.8 Å². The Morgan fingerprint density at radius 1 is 1.59 bits per heavy atom. The zero-order valence-corrected chi connectivity index (χ0v) is 10.2. The molecule has 7 heteroatoms. The van der Waals surface area contributed by atoms with E-state index in [1.54, 1.807) is 0 Å². The van der Waals surface area contributed by atoms with E-state index in [-0.39, 0.29) is 11.6 Å². The van der Waals surface area contributed by atoms with Crippen LogP contribution in [0.1, 0.15) is 13.8 Å². The van der Waals surface area contributed by atoms with Gasteiger partial charge in [0.05, 0.1) is 9.82 Å². The van der Waals surface area contributed by atoms with E-state index in [2.05, 4.69) is 5.32 Å². The molecule has 0 aromatic heterocycles. The Bertz CT molecular complexity index is 448. The lowest BCUT2D eigenvalue weighted by Gasteiger charge is -2.08. The molecule has 0 fully saturated rings. The molecule has 0 heterocycles. The summed E-state index contributed by atoms with van der Waals surface area (Å²) in [5, 5.41) is 22.5. The molecule has 0 aliphatic carbocycles. The highest BCUT2D eigenvalue weighted by atomic mass is 32.2. The quantitative estimate of drug-likeness (QED) is 0.372. The van der Waals surface area contributed by atoms with Crippen molar-refractivity contribution in [1.82, 2.24) is 0 Å². The number of nitro benzene ring substituents is 1. The summed E-state index contributed by atoms with van der Waals surface area (Å²) in [4.78, 5) is 21.4. The molecule has 0 bridgehead atoms. The smallest absolute Gasteiger partial charge is 0.283 e. The van der Waals surface area contributed by atoms with Gasteiger partial charge in [-0.05, 0) is 19.1 Å². The number of nitrogens with zero attached hydrogens (tertiary/aromatic N) is 1. The normalized spacial score (nSPS) is 11.9. The van der Waals surface area contributed by atoms with Gasteiger partial charge >= 0.3 is 0 Å². The topological polar surface area (TPSA) is 92.5 Å². The van der Waals surface area contributed by atoms with Gasteiger partial charge in [0.15, 0.2) is 0 Å². The van der Waals surface area contributed by atoms with Crippen molar-refractivity contribution < 1.29 is 14.8 Å². The maximum atomic E-state index is 10.9. The monoisotopic (exact) mass is 256 g/mol. The minimum atomic E-state index is -0.763. The molecule has 1 amide bonds. The van der Waals surface area contributed by atoms with Crippen molar-refractivity contribution in [3.63, 3.8) is 0 Å². The first-order chi connectivity index (χ1) is 7.90. The molecular weight excluding hydrogens is 244 g/mol. The second-order valence-electron chi connectivity index (χ2n) is 3.34. The average molecular weight is 256 g/mol. The Balaban J connectivity index is 3.09. The predicted molar refractivity (Wildman–Crippen MR) is 64.9 cm³/mol. The summed E-state index contributed by atoms with van der Waals surface area (Å²) < 4.78 is 0. The number of aliphatic hydroxyl groups is 1. The number of hydrogen-bond donors (Lipinski definition) is 2. The lowest BCUT2D eigenvalue weighted by atomic mass is 10.3. The fourth-order valence-corrected chi connectivity index (χ4v) is 2.05. The van der Waals surface area contributed by atoms with Crippen molar-refractivity contribution >= 4 is 29.0 Å². The number of aliphatic hydroxyl groups excluding tert-OH is 1. The molecule has 1 rings (SSSR count). The van der Waals surface area contributed by atoms with Crippen LogP contribution in [0.3, 0.4) is 0 Å². The molecule has 0 aliphatic heterocycles. The summed E-state index contributed by atoms with van der Waals surface area (Å²) in [5.74, 6) is -0.258. The SMILES string of the molecule is CC(=O)Nc1ccc([N+](=O)[O-])c(SC(C)O)c1. The molecule has 1 aromatic rings. The minimum Gasteiger partial charge on any atom is -0.382 e. The molecular formula is C10H12N2O4S. The first-order valence-corrected chi connectivity index (χ1v) is 5.69. The molecule has 0 radical (unpaired) electrons. The molecule has 0 saturated carbocycles. The van der Waals surface area contributed by atoms with Crippen LogP contribution in [0.25, 0.3) is 0 Å². The van der Waals surface area contributed by atoms with Crippen LogP contribution in [0.2, 0.25) is 0 Å². The lowest BCUT2D eigenvalue weighted by Crippen LogP contribution is -2.06. The summed E-state index contributed by atoms with van der Waals surface area (Å²) >= 11 is 0.957. The molecule has 1 unspecified atom stereocenters. The van der Waals surface area contributed by atoms with Gasteiger partial charge in [-0.25, -0.2) is 0 Å². The summed E-state index contributed by atoms with van der Waals surface area (Å²) in [6.07, 6.45) is 0. The molecule has 0 spiro atoms. The number of rotatable bonds is 4. The van der Waals surface area contributed by atoms with Crippen molar-refractivity contribution in [2.24, 2.45) is 0 Å². The van der Waals surface area contributed by atoms with Gasteiger partial charge in [-0.2, -0.15) is 0 Å². The number of nitro groups is 1. The fraction of sp³-hybridized carbons (Fsp3) is 0.300. The maximum absolute atomic E-state index is 10.9. The number of hydrogen-bond acceptors (Lipinski definition) is 5. The highest BCUT2D eigenvalue weighted by Gasteiger charge is 2.16. The Morgan fingerprint density at radius 3 is 2.71 bits per heavy atom. The van der Waals surface area contributed by atoms with Crippen LogP contribution in [0.5, 0.6) is 0 Å². The van der Waals surface area contributed by atoms with E-state index in [4.69, 9.17) is 0 Å². The van der Waals surface area contributed by atoms with E-state index in [0.29, 0.717) is 10.6 Å². The summed E-state index contributed by atoms with van der Waals surface area (Å²) in [7, 11) is 0. The van der Waals surface area contributed by atoms with Crippen LogP contribution in [0.15, 0.2) is 23.1 Å². The zero-order valence-electron chi connectivity index (χ0n) is 9.34. The van der Waals surface area contributed by atoms with Crippen LogP contribution in [-0.4, -0.2) is 21.4 Å². The molecule has 2 N–H and O–H groups in total. The van der Waals surface area contributed by atoms with Crippen LogP contribution < -0.4 is 5.32 Å². The van der Waals surface area contributed by atoms with Crippen molar-refractivity contribution in [3.8, 4) is 0 Å². The molecule has 1 aromatic carbocycles. The van der Waals surface area contributed by atoms with Gasteiger partial charge in [0.2, 0.25) is 5.91 Å². The third-order valence-corrected chi connectivity index (χ3v) is 2.70. The number of carbonyl (C=O) groups is 1. The zero-order chi connectivity index (χ0) is 13.0. The summed E-state index contributed by atoms with van der Waals surface area (Å²) in [6, 6.07) is 4.22. The number of thioether (sulfide) groups is 1. The number of anilines is 1. The highest BCUT2D eigenvalue weighted by Crippen LogP contribution is 2.33. The second-order valence-corrected chi connectivity index (χ2v) is 4.70. The highest BCUT2D eigenvalue weighted by molar-refractivity contribution is 7.99. The van der Waals surface area contributed by atoms with Crippen LogP contribution in [0.4, 0.5) is 11.4 Å². The van der Waals surface area contributed by atoms with Gasteiger partial charge in [0, 0.05) is 18.7 Å². The number of amides is 1. The number of nitrogens with one attached hydrogen (secondary N) is 1. The second kappa shape index (κ2) is 5.65. The van der Waals surface area contributed by atoms with Crippen LogP contribution in [-0.2, 0) is 4.79 Å². The number of carbonyl (C=O) groups excluding carboxylic acids is 1. The summed E-state index contributed by atoms with van der Waals surface area (Å²) in [6.45, 7) is 2.86. The van der Waals surface area contributed by atoms with E-state index >= 15 is 0 Å². The summed E-state index contributed by atoms with van der Waals surface area (Å²) in [5.41, 5.74) is -0.391. The average Bonchev–Trinajstić information content (AvgIpc) is 2.15. The van der Waals surface area contributed by atoms with Gasteiger partial charge in [0.1, 0.15) is 5.44 Å². The molecule has 0 saturated heterocycles. The lowest BCUT2D eigenvalue weighted by molar-refractivity contribution is -0.387. The minimum absolute atomic E-state index is 0.0926. The van der Waals surface area contributed by atoms with Gasteiger partial charge in [0.25, 0.3) is 5.69 Å². The third kappa shape index (κ3) is 4.04. The molecule has 17 heavy (non-hydrogen) atoms. The van der Waals surface area contributed by atoms with E-state index in [1.165, 1.54) is 32.0 Å².